The molecule has 1 saturated carbocycles. The third-order valence-electron chi connectivity index (χ3n) is 12.0. The van der Waals surface area contributed by atoms with Crippen LogP contribution in [0.15, 0.2) is 59.0 Å². The summed E-state index contributed by atoms with van der Waals surface area (Å²) in [4.78, 5) is 64.6. The molecule has 5 atom stereocenters. The van der Waals surface area contributed by atoms with Crippen molar-refractivity contribution in [3.63, 3.8) is 0 Å². The molecule has 0 radical (unpaired) electrons. The number of rotatable bonds is 8. The van der Waals surface area contributed by atoms with Crippen molar-refractivity contribution in [3.05, 3.63) is 54.6 Å². The van der Waals surface area contributed by atoms with Gasteiger partial charge in [-0.2, -0.15) is 10.6 Å². The molecule has 1 N–H and O–H groups in total. The van der Waals surface area contributed by atoms with E-state index in [-0.39, 0.29) is 55.2 Å². The summed E-state index contributed by atoms with van der Waals surface area (Å²) < 4.78 is 43.0. The topological polar surface area (TPSA) is 148 Å². The minimum Gasteiger partial charge on any atom is -0.497 e. The Morgan fingerprint density at radius 2 is 1.69 bits per heavy atom. The molecule has 312 valence electrons. The van der Waals surface area contributed by atoms with E-state index in [1.807, 2.05) is 61.5 Å². The van der Waals surface area contributed by atoms with Crippen molar-refractivity contribution in [2.75, 3.05) is 26.7 Å². The molecule has 1 aliphatic carbocycles. The number of nitrogens with zero attached hydrogens (tertiary/aromatic N) is 4. The maximum absolute atomic E-state index is 14.8. The largest absolute Gasteiger partial charge is 0.497 e. The van der Waals surface area contributed by atoms with E-state index in [0.29, 0.717) is 48.6 Å². The Hall–Kier alpha value is -4.59. The first kappa shape index (κ1) is 41.6. The van der Waals surface area contributed by atoms with Gasteiger partial charge in [0.2, 0.25) is 23.6 Å². The minimum atomic E-state index is -1.66. The third-order valence-corrected chi connectivity index (χ3v) is 13.4. The highest BCUT2D eigenvalue weighted by molar-refractivity contribution is 7.76. The smallest absolute Gasteiger partial charge is 0.245 e. The Morgan fingerprint density at radius 3 is 2.41 bits per heavy atom. The lowest BCUT2D eigenvalue weighted by Gasteiger charge is -2.32. The van der Waals surface area contributed by atoms with Gasteiger partial charge in [-0.1, -0.05) is 87.5 Å². The fourth-order valence-corrected chi connectivity index (χ4v) is 9.43. The maximum Gasteiger partial charge on any atom is 0.245 e. The van der Waals surface area contributed by atoms with Gasteiger partial charge in [0.15, 0.2) is 0 Å². The molecule has 7 rings (SSSR count). The van der Waals surface area contributed by atoms with Gasteiger partial charge in [-0.05, 0) is 43.7 Å². The second kappa shape index (κ2) is 19.0. The number of piperidine rings is 1. The van der Waals surface area contributed by atoms with Gasteiger partial charge < -0.3 is 33.2 Å². The van der Waals surface area contributed by atoms with Crippen molar-refractivity contribution in [1.82, 2.24) is 20.1 Å². The Bertz CT molecular complexity index is 2050. The number of hydrogen-bond donors (Lipinski definition) is 1. The van der Waals surface area contributed by atoms with Crippen LogP contribution in [0.3, 0.4) is 0 Å². The van der Waals surface area contributed by atoms with Crippen LogP contribution in [0.5, 0.6) is 11.5 Å². The summed E-state index contributed by atoms with van der Waals surface area (Å²) in [5.74, 6) is -1.10. The zero-order valence-corrected chi connectivity index (χ0v) is 34.3. The molecule has 0 bridgehead atoms. The summed E-state index contributed by atoms with van der Waals surface area (Å²) in [6.07, 6.45) is 5.65. The first-order valence-electron chi connectivity index (χ1n) is 21.0. The normalized spacial score (nSPS) is 26.0. The van der Waals surface area contributed by atoms with Crippen LogP contribution in [0.25, 0.3) is 22.2 Å². The number of nitrogens with one attached hydrogen (secondary N) is 1. The van der Waals surface area contributed by atoms with E-state index in [1.54, 1.807) is 12.0 Å². The first-order chi connectivity index (χ1) is 28.1. The lowest BCUT2D eigenvalue weighted by Crippen LogP contribution is -2.52. The second-order valence-corrected chi connectivity index (χ2v) is 17.9. The lowest BCUT2D eigenvalue weighted by molar-refractivity contribution is -0.145. The van der Waals surface area contributed by atoms with Crippen LogP contribution < -0.4 is 14.8 Å². The number of alkyl halides is 1. The first-order valence-corrected chi connectivity index (χ1v) is 22.1. The summed E-state index contributed by atoms with van der Waals surface area (Å²) >= 11 is 0. The van der Waals surface area contributed by atoms with E-state index in [4.69, 9.17) is 14.5 Å². The average molecular weight is 817 g/mol. The summed E-state index contributed by atoms with van der Waals surface area (Å²) in [5.41, 5.74) is 2.21. The fourth-order valence-electron chi connectivity index (χ4n) is 8.44. The van der Waals surface area contributed by atoms with Gasteiger partial charge in [0.25, 0.3) is 0 Å². The van der Waals surface area contributed by atoms with Crippen LogP contribution in [-0.4, -0.2) is 94.8 Å². The second-order valence-electron chi connectivity index (χ2n) is 16.5. The molecule has 58 heavy (non-hydrogen) atoms. The molecule has 4 fully saturated rings. The van der Waals surface area contributed by atoms with Crippen molar-refractivity contribution in [2.45, 2.75) is 120 Å². The summed E-state index contributed by atoms with van der Waals surface area (Å²) in [6, 6.07) is 15.1. The van der Waals surface area contributed by atoms with Crippen molar-refractivity contribution < 1.29 is 37.3 Å². The number of aromatic nitrogens is 1. The van der Waals surface area contributed by atoms with Crippen LogP contribution in [0.2, 0.25) is 0 Å². The van der Waals surface area contributed by atoms with E-state index in [0.717, 1.165) is 55.9 Å². The van der Waals surface area contributed by atoms with Gasteiger partial charge in [-0.25, -0.2) is 9.37 Å². The number of methoxy groups -OCH3 is 1. The minimum absolute atomic E-state index is 0.0343. The number of amides is 4. The zero-order valence-electron chi connectivity index (χ0n) is 33.5. The number of pyridine rings is 1. The molecule has 0 spiro atoms. The summed E-state index contributed by atoms with van der Waals surface area (Å²) in [6.45, 7) is 2.74. The molecule has 3 saturated heterocycles. The Morgan fingerprint density at radius 1 is 0.948 bits per heavy atom. The molecule has 14 heteroatoms. The summed E-state index contributed by atoms with van der Waals surface area (Å²) in [7, 11) is -0.0701. The number of carbonyl (C=O) groups excluding carboxylic acids is 4. The van der Waals surface area contributed by atoms with Gasteiger partial charge in [-0.15, -0.1) is 0 Å². The van der Waals surface area contributed by atoms with Crippen LogP contribution in [0.4, 0.5) is 4.39 Å². The quantitative estimate of drug-likeness (QED) is 0.241. The van der Waals surface area contributed by atoms with E-state index in [9.17, 15) is 27.8 Å². The molecule has 2 aromatic carbocycles. The third kappa shape index (κ3) is 10.3. The standard InChI is InChI=1S/C44H55FN5O7S/c1-28-10-6-3-4-7-13-30(23-41(51)49-20-18-31(45)19-21-49)44(54)50-27-33(25-39(50)43(53)47-38(22-28)42(52)48-58(55)34-15-16-34)57-40-26-36(29-11-8-5-9-12-29)46-37-24-32(56-2)14-17-35(37)40/h5,8-9,11-12,14,17,24,26,28,30-31,33-34,38-39H,3-4,6-7,10,13,15-16,18-23,25,27H2,1-2H3,(H,47,53)/q-1. The van der Waals surface area contributed by atoms with Crippen molar-refractivity contribution in [1.29, 1.82) is 0 Å². The maximum atomic E-state index is 14.8. The number of halogens is 1. The van der Waals surface area contributed by atoms with E-state index in [2.05, 4.69) is 9.68 Å². The summed E-state index contributed by atoms with van der Waals surface area (Å²) in [5, 5.41) is 3.54. The molecule has 3 aromatic rings. The molecular formula is C44H55FN5O7S-. The van der Waals surface area contributed by atoms with Crippen LogP contribution >= 0.6 is 0 Å². The van der Waals surface area contributed by atoms with Gasteiger partial charge in [0.1, 0.15) is 35.9 Å². The average Bonchev–Trinajstić information content (AvgIpc) is 4.00. The van der Waals surface area contributed by atoms with Crippen molar-refractivity contribution >= 4 is 45.1 Å². The lowest BCUT2D eigenvalue weighted by atomic mass is 9.93. The van der Waals surface area contributed by atoms with Gasteiger partial charge in [0.05, 0.1) is 24.9 Å². The molecule has 4 heterocycles. The van der Waals surface area contributed by atoms with Crippen LogP contribution in [-0.2, 0) is 34.0 Å². The monoisotopic (exact) mass is 816 g/mol. The molecule has 3 aliphatic heterocycles. The molecule has 4 amide bonds. The van der Waals surface area contributed by atoms with Crippen LogP contribution in [0.1, 0.15) is 90.4 Å². The van der Waals surface area contributed by atoms with Crippen molar-refractivity contribution in [3.8, 4) is 22.8 Å². The highest BCUT2D eigenvalue weighted by Crippen LogP contribution is 2.36. The number of benzene rings is 2. The predicted octanol–water partition coefficient (Wildman–Crippen LogP) is 6.93. The number of likely N-dealkylation sites (tertiary alicyclic amines) is 1. The SMILES string of the molecule is COc1ccc2c(OC3CC4C(=O)NC(C(=O)N=[S-](=O)C5CC5)CC(C)CCCCCCC(CC(=O)N5CCC(F)CC5)C(=O)N4C3)cc(-c3ccccc3)nc2c1. The molecule has 5 unspecified atom stereocenters. The van der Waals surface area contributed by atoms with Gasteiger partial charge in [-0.3, -0.25) is 19.2 Å². The van der Waals surface area contributed by atoms with E-state index < -0.39 is 52.7 Å². The fraction of sp³-hybridized carbons (Fsp3) is 0.568. The molecule has 12 nitrogen and oxygen atoms in total. The Kier molecular flexibility index (Phi) is 13.6. The van der Waals surface area contributed by atoms with Gasteiger partial charge in [0, 0.05) is 54.9 Å². The Balaban J connectivity index is 1.21. The Labute approximate surface area is 341 Å². The van der Waals surface area contributed by atoms with E-state index in [1.165, 1.54) is 4.90 Å². The predicted molar refractivity (Wildman–Crippen MR) is 219 cm³/mol. The molecular weight excluding hydrogens is 762 g/mol. The highest BCUT2D eigenvalue weighted by atomic mass is 32.2. The number of ether oxygens (including phenoxy) is 2. The number of fused-ring (bicyclic) bond motifs is 2. The highest BCUT2D eigenvalue weighted by Gasteiger charge is 2.44. The van der Waals surface area contributed by atoms with Crippen molar-refractivity contribution in [2.24, 2.45) is 16.2 Å². The van der Waals surface area contributed by atoms with Crippen LogP contribution in [0, 0.1) is 11.8 Å². The van der Waals surface area contributed by atoms with E-state index >= 15 is 0 Å². The molecule has 1 aromatic heterocycles. The van der Waals surface area contributed by atoms with Gasteiger partial charge >= 0.3 is 0 Å². The zero-order chi connectivity index (χ0) is 40.8. The number of hydrogen-bond acceptors (Lipinski definition) is 9. The number of carbonyl (C=O) groups is 4. The molecule has 4 aliphatic rings.